The van der Waals surface area contributed by atoms with E-state index in [9.17, 15) is 0 Å². The minimum atomic E-state index is 0.268. The third kappa shape index (κ3) is 2.79. The molecule has 0 bridgehead atoms. The molecule has 0 spiro atoms. The molecule has 0 fully saturated rings. The van der Waals surface area contributed by atoms with Crippen molar-refractivity contribution in [2.24, 2.45) is 5.73 Å². The predicted octanol–water partition coefficient (Wildman–Crippen LogP) is 1.46. The molecule has 0 unspecified atom stereocenters. The lowest BCUT2D eigenvalue weighted by Crippen LogP contribution is -2.15. The van der Waals surface area contributed by atoms with Crippen LogP contribution in [0.4, 0.5) is 5.13 Å². The van der Waals surface area contributed by atoms with E-state index in [1.54, 1.807) is 11.3 Å². The number of aryl methyl sites for hydroxylation is 1. The zero-order valence-electron chi connectivity index (χ0n) is 7.50. The Balaban J connectivity index is 2.41. The van der Waals surface area contributed by atoms with Gasteiger partial charge in [-0.3, -0.25) is 0 Å². The molecule has 0 aliphatic heterocycles. The van der Waals surface area contributed by atoms with Crippen LogP contribution >= 0.6 is 11.3 Å². The smallest absolute Gasteiger partial charge is 0.182 e. The predicted molar refractivity (Wildman–Crippen MR) is 53.6 cm³/mol. The van der Waals surface area contributed by atoms with Crippen LogP contribution in [0.2, 0.25) is 0 Å². The van der Waals surface area contributed by atoms with Crippen LogP contribution < -0.4 is 11.1 Å². The zero-order valence-corrected chi connectivity index (χ0v) is 8.32. The van der Waals surface area contributed by atoms with Gasteiger partial charge in [0.05, 0.1) is 5.69 Å². The van der Waals surface area contributed by atoms with Crippen molar-refractivity contribution >= 4 is 16.5 Å². The number of nitrogens with zero attached hydrogens (tertiary/aromatic N) is 1. The lowest BCUT2D eigenvalue weighted by atomic mass is 10.2. The highest BCUT2D eigenvalue weighted by Gasteiger charge is 2.01. The van der Waals surface area contributed by atoms with Gasteiger partial charge in [0.1, 0.15) is 0 Å². The summed E-state index contributed by atoms with van der Waals surface area (Å²) in [6.45, 7) is 2.02. The first-order chi connectivity index (χ1) is 5.72. The van der Waals surface area contributed by atoms with Gasteiger partial charge in [0.15, 0.2) is 5.13 Å². The normalized spacial score (nSPS) is 12.9. The second-order valence-corrected chi connectivity index (χ2v) is 3.77. The first kappa shape index (κ1) is 9.48. The van der Waals surface area contributed by atoms with E-state index >= 15 is 0 Å². The minimum absolute atomic E-state index is 0.268. The summed E-state index contributed by atoms with van der Waals surface area (Å²) in [6.07, 6.45) is 1.99. The highest BCUT2D eigenvalue weighted by atomic mass is 32.1. The SMILES string of the molecule is CNc1nc(CC[C@H](C)N)cs1. The number of rotatable bonds is 4. The molecule has 12 heavy (non-hydrogen) atoms. The van der Waals surface area contributed by atoms with Crippen molar-refractivity contribution in [3.8, 4) is 0 Å². The fraction of sp³-hybridized carbons (Fsp3) is 0.625. The van der Waals surface area contributed by atoms with E-state index in [4.69, 9.17) is 5.73 Å². The van der Waals surface area contributed by atoms with Gasteiger partial charge < -0.3 is 11.1 Å². The number of nitrogens with two attached hydrogens (primary N) is 1. The quantitative estimate of drug-likeness (QED) is 0.746. The third-order valence-electron chi connectivity index (χ3n) is 1.62. The Labute approximate surface area is 77.0 Å². The number of nitrogens with one attached hydrogen (secondary N) is 1. The topological polar surface area (TPSA) is 50.9 Å². The highest BCUT2D eigenvalue weighted by Crippen LogP contribution is 2.15. The Morgan fingerprint density at radius 3 is 3.00 bits per heavy atom. The summed E-state index contributed by atoms with van der Waals surface area (Å²) in [5.41, 5.74) is 6.78. The van der Waals surface area contributed by atoms with Crippen molar-refractivity contribution in [3.63, 3.8) is 0 Å². The monoisotopic (exact) mass is 185 g/mol. The van der Waals surface area contributed by atoms with Crippen molar-refractivity contribution in [2.45, 2.75) is 25.8 Å². The molecular formula is C8H15N3S. The maximum Gasteiger partial charge on any atom is 0.182 e. The fourth-order valence-electron chi connectivity index (χ4n) is 0.912. The van der Waals surface area contributed by atoms with Crippen LogP contribution in [0.5, 0.6) is 0 Å². The first-order valence-electron chi connectivity index (χ1n) is 4.10. The number of anilines is 1. The molecule has 0 saturated heterocycles. The Morgan fingerprint density at radius 1 is 1.75 bits per heavy atom. The van der Waals surface area contributed by atoms with Gasteiger partial charge >= 0.3 is 0 Å². The van der Waals surface area contributed by atoms with Crippen LogP contribution in [-0.4, -0.2) is 18.1 Å². The van der Waals surface area contributed by atoms with Crippen LogP contribution in [0.3, 0.4) is 0 Å². The summed E-state index contributed by atoms with van der Waals surface area (Å²) in [5.74, 6) is 0. The molecular weight excluding hydrogens is 170 g/mol. The zero-order chi connectivity index (χ0) is 8.97. The Hall–Kier alpha value is -0.610. The number of hydrogen-bond acceptors (Lipinski definition) is 4. The summed E-state index contributed by atoms with van der Waals surface area (Å²) in [7, 11) is 1.88. The average molecular weight is 185 g/mol. The van der Waals surface area contributed by atoms with E-state index in [0.29, 0.717) is 0 Å². The molecule has 0 saturated carbocycles. The highest BCUT2D eigenvalue weighted by molar-refractivity contribution is 7.13. The second-order valence-electron chi connectivity index (χ2n) is 2.91. The van der Waals surface area contributed by atoms with E-state index in [2.05, 4.69) is 15.7 Å². The molecule has 0 aliphatic carbocycles. The van der Waals surface area contributed by atoms with Crippen LogP contribution in [0, 0.1) is 0 Å². The van der Waals surface area contributed by atoms with Crippen molar-refractivity contribution in [1.82, 2.24) is 4.98 Å². The van der Waals surface area contributed by atoms with Crippen molar-refractivity contribution in [2.75, 3.05) is 12.4 Å². The Morgan fingerprint density at radius 2 is 2.50 bits per heavy atom. The Kier molecular flexibility index (Phi) is 3.49. The molecule has 3 nitrogen and oxygen atoms in total. The van der Waals surface area contributed by atoms with Crippen LogP contribution in [-0.2, 0) is 6.42 Å². The molecule has 1 aromatic rings. The third-order valence-corrected chi connectivity index (χ3v) is 2.53. The average Bonchev–Trinajstić information content (AvgIpc) is 2.48. The lowest BCUT2D eigenvalue weighted by molar-refractivity contribution is 0.660. The number of hydrogen-bond donors (Lipinski definition) is 2. The van der Waals surface area contributed by atoms with Crippen molar-refractivity contribution in [3.05, 3.63) is 11.1 Å². The largest absolute Gasteiger partial charge is 0.365 e. The molecule has 1 rings (SSSR count). The molecule has 1 atom stereocenters. The van der Waals surface area contributed by atoms with Crippen LogP contribution in [0.15, 0.2) is 5.38 Å². The molecule has 1 heterocycles. The summed E-state index contributed by atoms with van der Waals surface area (Å²) >= 11 is 1.64. The number of aromatic nitrogens is 1. The van der Waals surface area contributed by atoms with E-state index in [1.807, 2.05) is 14.0 Å². The van der Waals surface area contributed by atoms with E-state index in [1.165, 1.54) is 0 Å². The van der Waals surface area contributed by atoms with Gasteiger partial charge in [-0.25, -0.2) is 4.98 Å². The summed E-state index contributed by atoms with van der Waals surface area (Å²) in [5, 5.41) is 6.07. The van der Waals surface area contributed by atoms with Gasteiger partial charge in [0, 0.05) is 18.5 Å². The molecule has 0 aliphatic rings. The molecule has 68 valence electrons. The van der Waals surface area contributed by atoms with Crippen LogP contribution in [0.25, 0.3) is 0 Å². The van der Waals surface area contributed by atoms with Crippen molar-refractivity contribution in [1.29, 1.82) is 0 Å². The molecule has 3 N–H and O–H groups in total. The maximum atomic E-state index is 5.64. The molecule has 0 amide bonds. The first-order valence-corrected chi connectivity index (χ1v) is 4.98. The standard InChI is InChI=1S/C8H15N3S/c1-6(9)3-4-7-5-12-8(10-2)11-7/h5-6H,3-4,9H2,1-2H3,(H,10,11)/t6-/m0/s1. The van der Waals surface area contributed by atoms with Gasteiger partial charge in [-0.05, 0) is 19.8 Å². The molecule has 0 radical (unpaired) electrons. The van der Waals surface area contributed by atoms with E-state index in [0.717, 1.165) is 23.7 Å². The summed E-state index contributed by atoms with van der Waals surface area (Å²) in [6, 6.07) is 0.268. The van der Waals surface area contributed by atoms with E-state index < -0.39 is 0 Å². The second kappa shape index (κ2) is 4.42. The maximum absolute atomic E-state index is 5.64. The Bertz CT molecular complexity index is 232. The summed E-state index contributed by atoms with van der Waals surface area (Å²) < 4.78 is 0. The van der Waals surface area contributed by atoms with Gasteiger partial charge in [-0.15, -0.1) is 11.3 Å². The van der Waals surface area contributed by atoms with Gasteiger partial charge in [0.25, 0.3) is 0 Å². The van der Waals surface area contributed by atoms with E-state index in [-0.39, 0.29) is 6.04 Å². The fourth-order valence-corrected chi connectivity index (χ4v) is 1.62. The van der Waals surface area contributed by atoms with Gasteiger partial charge in [0.2, 0.25) is 0 Å². The lowest BCUT2D eigenvalue weighted by Gasteiger charge is -2.00. The van der Waals surface area contributed by atoms with Gasteiger partial charge in [-0.1, -0.05) is 0 Å². The van der Waals surface area contributed by atoms with Gasteiger partial charge in [-0.2, -0.15) is 0 Å². The molecule has 1 aromatic heterocycles. The molecule has 0 aromatic carbocycles. The van der Waals surface area contributed by atoms with Crippen molar-refractivity contribution < 1.29 is 0 Å². The molecule has 4 heteroatoms. The van der Waals surface area contributed by atoms with Crippen LogP contribution in [0.1, 0.15) is 19.0 Å². The number of thiazole rings is 1. The summed E-state index contributed by atoms with van der Waals surface area (Å²) in [4.78, 5) is 4.35. The minimum Gasteiger partial charge on any atom is -0.365 e.